The Morgan fingerprint density at radius 2 is 2.06 bits per heavy atom. The zero-order valence-electron chi connectivity index (χ0n) is 9.16. The predicted octanol–water partition coefficient (Wildman–Crippen LogP) is 0.577. The van der Waals surface area contributed by atoms with Gasteiger partial charge in [0.2, 0.25) is 5.43 Å². The minimum atomic E-state index is -1.22. The fraction of sp³-hybridized carbons (Fsp3) is 0.300. The maximum absolute atomic E-state index is 12.0. The Morgan fingerprint density at radius 1 is 1.44 bits per heavy atom. The minimum absolute atomic E-state index is 0.219. The highest BCUT2D eigenvalue weighted by atomic mass is 16.4. The molecule has 0 spiro atoms. The van der Waals surface area contributed by atoms with Crippen molar-refractivity contribution in [2.45, 2.75) is 13.8 Å². The monoisotopic (exact) mass is 221 g/mol. The van der Waals surface area contributed by atoms with Crippen LogP contribution in [0.4, 0.5) is 0 Å². The summed E-state index contributed by atoms with van der Waals surface area (Å²) in [5.41, 5.74) is 0.715. The Kier molecular flexibility index (Phi) is 2.08. The van der Waals surface area contributed by atoms with Crippen molar-refractivity contribution in [3.8, 4) is 0 Å². The number of fused-ring (bicyclic) bond motifs is 1. The van der Waals surface area contributed by atoms with Gasteiger partial charge in [0.15, 0.2) is 0 Å². The molecule has 16 heavy (non-hydrogen) atoms. The lowest BCUT2D eigenvalue weighted by Gasteiger charge is -2.01. The maximum Gasteiger partial charge on any atom is 0.341 e. The molecule has 0 radical (unpaired) electrons. The van der Waals surface area contributed by atoms with Crippen LogP contribution in [0.1, 0.15) is 21.7 Å². The summed E-state index contributed by atoms with van der Waals surface area (Å²) in [6.07, 6.45) is 0. The number of carboxylic acids is 1. The van der Waals surface area contributed by atoms with E-state index in [0.717, 1.165) is 0 Å². The van der Waals surface area contributed by atoms with Gasteiger partial charge in [0.1, 0.15) is 11.2 Å². The van der Waals surface area contributed by atoms with E-state index in [-0.39, 0.29) is 5.56 Å². The standard InChI is InChI=1S/C10H11N3O3/c1-4-7(10(15)16)8(14)6-5(2)12-13(3)9(6)11-4/h1-3H3,(H,11,14)(H,15,16). The van der Waals surface area contributed by atoms with Gasteiger partial charge in [-0.05, 0) is 13.8 Å². The topological polar surface area (TPSA) is 88.0 Å². The summed E-state index contributed by atoms with van der Waals surface area (Å²) in [4.78, 5) is 25.8. The van der Waals surface area contributed by atoms with Crippen molar-refractivity contribution in [1.29, 1.82) is 0 Å². The average molecular weight is 221 g/mol. The quantitative estimate of drug-likeness (QED) is 0.737. The molecule has 2 aromatic heterocycles. The number of aromatic nitrogens is 3. The summed E-state index contributed by atoms with van der Waals surface area (Å²) >= 11 is 0. The molecule has 84 valence electrons. The lowest BCUT2D eigenvalue weighted by Crippen LogP contribution is -2.18. The molecule has 0 aliphatic heterocycles. The van der Waals surface area contributed by atoms with Gasteiger partial charge in [0.25, 0.3) is 0 Å². The number of aryl methyl sites for hydroxylation is 3. The van der Waals surface area contributed by atoms with Crippen LogP contribution in [0.15, 0.2) is 4.79 Å². The van der Waals surface area contributed by atoms with Gasteiger partial charge >= 0.3 is 5.97 Å². The van der Waals surface area contributed by atoms with Crippen LogP contribution in [0, 0.1) is 13.8 Å². The zero-order chi connectivity index (χ0) is 12.0. The molecule has 0 saturated heterocycles. The summed E-state index contributed by atoms with van der Waals surface area (Å²) in [5, 5.41) is 13.4. The third-order valence-electron chi connectivity index (χ3n) is 2.57. The first-order valence-corrected chi connectivity index (χ1v) is 4.73. The Balaban J connectivity index is 3.04. The van der Waals surface area contributed by atoms with Crippen molar-refractivity contribution in [2.24, 2.45) is 7.05 Å². The predicted molar refractivity (Wildman–Crippen MR) is 57.8 cm³/mol. The van der Waals surface area contributed by atoms with Crippen LogP contribution in [-0.4, -0.2) is 25.8 Å². The molecule has 0 atom stereocenters. The van der Waals surface area contributed by atoms with Crippen molar-refractivity contribution in [3.05, 3.63) is 27.2 Å². The number of nitrogens with zero attached hydrogens (tertiary/aromatic N) is 2. The van der Waals surface area contributed by atoms with E-state index in [2.05, 4.69) is 10.1 Å². The summed E-state index contributed by atoms with van der Waals surface area (Å²) in [7, 11) is 1.70. The molecule has 0 amide bonds. The number of aromatic carboxylic acids is 1. The largest absolute Gasteiger partial charge is 0.477 e. The Hall–Kier alpha value is -2.11. The minimum Gasteiger partial charge on any atom is -0.477 e. The Labute approximate surface area is 90.5 Å². The van der Waals surface area contributed by atoms with Gasteiger partial charge in [-0.3, -0.25) is 9.48 Å². The summed E-state index contributed by atoms with van der Waals surface area (Å²) in [6, 6.07) is 0. The van der Waals surface area contributed by atoms with Crippen molar-refractivity contribution in [3.63, 3.8) is 0 Å². The number of rotatable bonds is 1. The van der Waals surface area contributed by atoms with Gasteiger partial charge in [-0.2, -0.15) is 5.10 Å². The lowest BCUT2D eigenvalue weighted by atomic mass is 10.1. The third kappa shape index (κ3) is 1.23. The molecule has 0 aliphatic rings. The van der Waals surface area contributed by atoms with Gasteiger partial charge in [0, 0.05) is 12.7 Å². The molecule has 0 unspecified atom stereocenters. The van der Waals surface area contributed by atoms with Crippen LogP contribution >= 0.6 is 0 Å². The van der Waals surface area contributed by atoms with Crippen LogP contribution in [0.3, 0.4) is 0 Å². The first-order chi connectivity index (χ1) is 7.43. The van der Waals surface area contributed by atoms with E-state index >= 15 is 0 Å². The lowest BCUT2D eigenvalue weighted by molar-refractivity contribution is 0.0694. The van der Waals surface area contributed by atoms with Crippen molar-refractivity contribution in [2.75, 3.05) is 0 Å². The molecule has 2 N–H and O–H groups in total. The zero-order valence-corrected chi connectivity index (χ0v) is 9.16. The highest BCUT2D eigenvalue weighted by molar-refractivity contribution is 5.93. The molecule has 0 aromatic carbocycles. The number of aromatic amines is 1. The molecule has 0 saturated carbocycles. The number of H-pyrrole nitrogens is 1. The number of carboxylic acid groups (broad SMARTS) is 1. The fourth-order valence-corrected chi connectivity index (χ4v) is 1.87. The number of nitrogens with one attached hydrogen (secondary N) is 1. The van der Waals surface area contributed by atoms with E-state index < -0.39 is 11.4 Å². The number of pyridine rings is 1. The normalized spacial score (nSPS) is 10.9. The Morgan fingerprint density at radius 3 is 2.62 bits per heavy atom. The van der Waals surface area contributed by atoms with E-state index in [0.29, 0.717) is 22.4 Å². The summed E-state index contributed by atoms with van der Waals surface area (Å²) < 4.78 is 1.53. The van der Waals surface area contributed by atoms with Gasteiger partial charge in [-0.25, -0.2) is 4.79 Å². The van der Waals surface area contributed by atoms with Crippen molar-refractivity contribution >= 4 is 17.0 Å². The van der Waals surface area contributed by atoms with Crippen LogP contribution in [0.25, 0.3) is 11.0 Å². The van der Waals surface area contributed by atoms with Crippen LogP contribution in [-0.2, 0) is 7.05 Å². The number of hydrogen-bond donors (Lipinski definition) is 2. The highest BCUT2D eigenvalue weighted by Crippen LogP contribution is 2.13. The van der Waals surface area contributed by atoms with Gasteiger partial charge < -0.3 is 10.1 Å². The highest BCUT2D eigenvalue weighted by Gasteiger charge is 2.19. The molecule has 2 heterocycles. The van der Waals surface area contributed by atoms with E-state index in [9.17, 15) is 9.59 Å². The van der Waals surface area contributed by atoms with Gasteiger partial charge in [-0.15, -0.1) is 0 Å². The molecule has 0 bridgehead atoms. The Bertz CT molecular complexity index is 651. The van der Waals surface area contributed by atoms with E-state index in [4.69, 9.17) is 5.11 Å². The van der Waals surface area contributed by atoms with E-state index in [1.54, 1.807) is 20.9 Å². The third-order valence-corrected chi connectivity index (χ3v) is 2.57. The van der Waals surface area contributed by atoms with Crippen molar-refractivity contribution in [1.82, 2.24) is 14.8 Å². The molecule has 0 fully saturated rings. The number of carbonyl (C=O) groups is 1. The molecule has 0 aliphatic carbocycles. The molecule has 6 nitrogen and oxygen atoms in total. The molecular weight excluding hydrogens is 210 g/mol. The van der Waals surface area contributed by atoms with Crippen LogP contribution in [0.5, 0.6) is 0 Å². The summed E-state index contributed by atoms with van der Waals surface area (Å²) in [5.74, 6) is -1.22. The van der Waals surface area contributed by atoms with Gasteiger partial charge in [0.05, 0.1) is 11.1 Å². The maximum atomic E-state index is 12.0. The van der Waals surface area contributed by atoms with Gasteiger partial charge in [-0.1, -0.05) is 0 Å². The number of hydrogen-bond acceptors (Lipinski definition) is 3. The smallest absolute Gasteiger partial charge is 0.341 e. The second-order valence-corrected chi connectivity index (χ2v) is 3.69. The first kappa shape index (κ1) is 10.4. The average Bonchev–Trinajstić information content (AvgIpc) is 2.41. The molecular formula is C10H11N3O3. The van der Waals surface area contributed by atoms with Crippen LogP contribution < -0.4 is 5.43 Å². The molecule has 2 rings (SSSR count). The fourth-order valence-electron chi connectivity index (χ4n) is 1.87. The molecule has 6 heteroatoms. The molecule has 2 aromatic rings. The SMILES string of the molecule is Cc1[nH]c2c(c(C)nn2C)c(=O)c1C(=O)O. The second-order valence-electron chi connectivity index (χ2n) is 3.69. The summed E-state index contributed by atoms with van der Waals surface area (Å²) in [6.45, 7) is 3.24. The second kappa shape index (κ2) is 3.19. The van der Waals surface area contributed by atoms with Crippen molar-refractivity contribution < 1.29 is 9.90 Å². The van der Waals surface area contributed by atoms with E-state index in [1.165, 1.54) is 4.68 Å². The van der Waals surface area contributed by atoms with E-state index in [1.807, 2.05) is 0 Å². The first-order valence-electron chi connectivity index (χ1n) is 4.73. The van der Waals surface area contributed by atoms with Crippen LogP contribution in [0.2, 0.25) is 0 Å².